The highest BCUT2D eigenvalue weighted by Gasteiger charge is 2.33. The van der Waals surface area contributed by atoms with Crippen LogP contribution in [0.4, 0.5) is 5.69 Å². The monoisotopic (exact) mass is 569 g/mol. The van der Waals surface area contributed by atoms with E-state index in [2.05, 4.69) is 5.32 Å². The molecule has 2 amide bonds. The maximum atomic E-state index is 14.0. The summed E-state index contributed by atoms with van der Waals surface area (Å²) in [7, 11) is -4.11. The van der Waals surface area contributed by atoms with E-state index in [0.29, 0.717) is 17.3 Å². The van der Waals surface area contributed by atoms with Gasteiger partial charge in [0.2, 0.25) is 11.8 Å². The van der Waals surface area contributed by atoms with Crippen molar-refractivity contribution in [2.75, 3.05) is 17.4 Å². The minimum atomic E-state index is -4.11. The lowest BCUT2D eigenvalue weighted by Crippen LogP contribution is -2.51. The maximum absolute atomic E-state index is 14.0. The largest absolute Gasteiger partial charge is 0.354 e. The number of nitrogens with one attached hydrogen (secondary N) is 1. The van der Waals surface area contributed by atoms with Crippen LogP contribution < -0.4 is 9.62 Å². The van der Waals surface area contributed by atoms with Crippen molar-refractivity contribution in [3.8, 4) is 0 Å². The first-order valence-electron chi connectivity index (χ1n) is 12.9. The third kappa shape index (κ3) is 7.40. The summed E-state index contributed by atoms with van der Waals surface area (Å²) in [5.74, 6) is -0.822. The molecule has 0 aliphatic rings. The van der Waals surface area contributed by atoms with E-state index in [1.807, 2.05) is 39.8 Å². The summed E-state index contributed by atoms with van der Waals surface area (Å²) in [5, 5.41) is 3.34. The van der Waals surface area contributed by atoms with E-state index in [1.165, 1.54) is 17.0 Å². The number of sulfonamides is 1. The van der Waals surface area contributed by atoms with Crippen molar-refractivity contribution < 1.29 is 18.0 Å². The fourth-order valence-electron chi connectivity index (χ4n) is 4.17. The molecule has 0 bridgehead atoms. The molecule has 0 aliphatic heterocycles. The molecule has 0 radical (unpaired) electrons. The highest BCUT2D eigenvalue weighted by Crippen LogP contribution is 2.29. The summed E-state index contributed by atoms with van der Waals surface area (Å²) in [6, 6.07) is 18.1. The molecule has 0 heterocycles. The van der Waals surface area contributed by atoms with Crippen LogP contribution in [0.25, 0.3) is 0 Å². The molecule has 0 unspecified atom stereocenters. The quantitative estimate of drug-likeness (QED) is 0.335. The Morgan fingerprint density at radius 2 is 1.64 bits per heavy atom. The summed E-state index contributed by atoms with van der Waals surface area (Å²) >= 11 is 6.18. The van der Waals surface area contributed by atoms with Crippen molar-refractivity contribution in [3.63, 3.8) is 0 Å². The van der Waals surface area contributed by atoms with Gasteiger partial charge in [-0.05, 0) is 81.1 Å². The Hall–Kier alpha value is -3.36. The number of carbonyl (C=O) groups is 2. The van der Waals surface area contributed by atoms with E-state index in [4.69, 9.17) is 11.6 Å². The van der Waals surface area contributed by atoms with E-state index in [1.54, 1.807) is 49.4 Å². The summed E-state index contributed by atoms with van der Waals surface area (Å²) in [4.78, 5) is 28.4. The smallest absolute Gasteiger partial charge is 0.264 e. The van der Waals surface area contributed by atoms with Crippen LogP contribution in [-0.2, 0) is 26.2 Å². The number of amides is 2. The van der Waals surface area contributed by atoms with Gasteiger partial charge in [-0.3, -0.25) is 13.9 Å². The normalized spacial score (nSPS) is 12.1. The average molecular weight is 570 g/mol. The maximum Gasteiger partial charge on any atom is 0.264 e. The van der Waals surface area contributed by atoms with Gasteiger partial charge < -0.3 is 10.2 Å². The Labute approximate surface area is 236 Å². The summed E-state index contributed by atoms with van der Waals surface area (Å²) < 4.78 is 29.1. The molecule has 9 heteroatoms. The van der Waals surface area contributed by atoms with Crippen molar-refractivity contribution in [2.24, 2.45) is 0 Å². The zero-order chi connectivity index (χ0) is 28.7. The first-order valence-corrected chi connectivity index (χ1v) is 14.7. The van der Waals surface area contributed by atoms with Gasteiger partial charge in [0.05, 0.1) is 10.6 Å². The number of halogens is 1. The summed E-state index contributed by atoms with van der Waals surface area (Å²) in [6.45, 7) is 9.26. The standard InChI is InChI=1S/C30H36ClN3O4S/c1-6-17-32-30(36)24(5)33(19-25-10-8-11-26(31)18-25)29(35)20-34(28-12-7-9-22(3)23(28)4)39(37,38)27-15-13-21(2)14-16-27/h7-16,18,24H,6,17,19-20H2,1-5H3,(H,32,36)/t24-/m0/s1. The number of rotatable bonds is 11. The highest BCUT2D eigenvalue weighted by atomic mass is 35.5. The molecule has 7 nitrogen and oxygen atoms in total. The minimum Gasteiger partial charge on any atom is -0.354 e. The van der Waals surface area contributed by atoms with E-state index >= 15 is 0 Å². The predicted octanol–water partition coefficient (Wildman–Crippen LogP) is 5.40. The summed E-state index contributed by atoms with van der Waals surface area (Å²) in [5.41, 5.74) is 3.70. The van der Waals surface area contributed by atoms with Gasteiger partial charge in [0.25, 0.3) is 10.0 Å². The molecular formula is C30H36ClN3O4S. The molecule has 0 spiro atoms. The molecule has 0 fully saturated rings. The van der Waals surface area contributed by atoms with Gasteiger partial charge in [-0.25, -0.2) is 8.42 Å². The van der Waals surface area contributed by atoms with E-state index in [0.717, 1.165) is 33.0 Å². The molecule has 208 valence electrons. The molecule has 0 saturated carbocycles. The number of benzene rings is 3. The van der Waals surface area contributed by atoms with Gasteiger partial charge in [-0.15, -0.1) is 0 Å². The Kier molecular flexibility index (Phi) is 10.2. The lowest BCUT2D eigenvalue weighted by molar-refractivity contribution is -0.139. The molecule has 1 N–H and O–H groups in total. The van der Waals surface area contributed by atoms with Gasteiger partial charge in [0, 0.05) is 18.1 Å². The number of carbonyl (C=O) groups excluding carboxylic acids is 2. The molecule has 39 heavy (non-hydrogen) atoms. The Bertz CT molecular complexity index is 1420. The second kappa shape index (κ2) is 13.1. The SMILES string of the molecule is CCCNC(=O)[C@H](C)N(Cc1cccc(Cl)c1)C(=O)CN(c1cccc(C)c1C)S(=O)(=O)c1ccc(C)cc1. The van der Waals surface area contributed by atoms with Crippen LogP contribution in [0.1, 0.15) is 42.5 Å². The van der Waals surface area contributed by atoms with Crippen LogP contribution in [0.3, 0.4) is 0 Å². The number of nitrogens with zero attached hydrogens (tertiary/aromatic N) is 2. The van der Waals surface area contributed by atoms with Crippen LogP contribution in [0, 0.1) is 20.8 Å². The second-order valence-corrected chi connectivity index (χ2v) is 12.0. The Morgan fingerprint density at radius 3 is 2.28 bits per heavy atom. The van der Waals surface area contributed by atoms with Crippen molar-refractivity contribution in [2.45, 2.75) is 58.5 Å². The average Bonchev–Trinajstić information content (AvgIpc) is 2.90. The van der Waals surface area contributed by atoms with Gasteiger partial charge in [0.1, 0.15) is 12.6 Å². The van der Waals surface area contributed by atoms with Crippen molar-refractivity contribution in [3.05, 3.63) is 94.0 Å². The first-order chi connectivity index (χ1) is 18.4. The zero-order valence-electron chi connectivity index (χ0n) is 23.1. The first kappa shape index (κ1) is 30.2. The lowest BCUT2D eigenvalue weighted by Gasteiger charge is -2.32. The molecule has 3 rings (SSSR count). The van der Waals surface area contributed by atoms with E-state index < -0.39 is 28.5 Å². The van der Waals surface area contributed by atoms with Gasteiger partial charge in [-0.2, -0.15) is 0 Å². The number of anilines is 1. The molecule has 0 saturated heterocycles. The Morgan fingerprint density at radius 1 is 0.974 bits per heavy atom. The van der Waals surface area contributed by atoms with E-state index in [-0.39, 0.29) is 17.3 Å². The number of hydrogen-bond donors (Lipinski definition) is 1. The third-order valence-corrected chi connectivity index (χ3v) is 8.70. The Balaban J connectivity index is 2.06. The molecule has 0 aliphatic carbocycles. The van der Waals surface area contributed by atoms with Crippen LogP contribution in [0.5, 0.6) is 0 Å². The van der Waals surface area contributed by atoms with Crippen molar-refractivity contribution >= 4 is 39.1 Å². The molecule has 3 aromatic carbocycles. The molecule has 1 atom stereocenters. The second-order valence-electron chi connectivity index (χ2n) is 9.66. The predicted molar refractivity (Wildman–Crippen MR) is 156 cm³/mol. The van der Waals surface area contributed by atoms with Gasteiger partial charge in [0.15, 0.2) is 0 Å². The fraction of sp³-hybridized carbons (Fsp3) is 0.333. The molecule has 3 aromatic rings. The van der Waals surface area contributed by atoms with E-state index in [9.17, 15) is 18.0 Å². The van der Waals surface area contributed by atoms with Gasteiger partial charge >= 0.3 is 0 Å². The lowest BCUT2D eigenvalue weighted by atomic mass is 10.1. The zero-order valence-corrected chi connectivity index (χ0v) is 24.6. The molecular weight excluding hydrogens is 534 g/mol. The molecule has 0 aromatic heterocycles. The number of hydrogen-bond acceptors (Lipinski definition) is 4. The highest BCUT2D eigenvalue weighted by molar-refractivity contribution is 7.92. The van der Waals surface area contributed by atoms with Crippen molar-refractivity contribution in [1.29, 1.82) is 0 Å². The fourth-order valence-corrected chi connectivity index (χ4v) is 5.85. The van der Waals surface area contributed by atoms with Crippen LogP contribution in [0.15, 0.2) is 71.6 Å². The topological polar surface area (TPSA) is 86.8 Å². The van der Waals surface area contributed by atoms with Crippen LogP contribution in [0.2, 0.25) is 5.02 Å². The number of aryl methyl sites for hydroxylation is 2. The third-order valence-electron chi connectivity index (χ3n) is 6.69. The summed E-state index contributed by atoms with van der Waals surface area (Å²) in [6.07, 6.45) is 0.746. The van der Waals surface area contributed by atoms with Crippen LogP contribution in [-0.4, -0.2) is 44.3 Å². The van der Waals surface area contributed by atoms with Crippen LogP contribution >= 0.6 is 11.6 Å². The van der Waals surface area contributed by atoms with Gasteiger partial charge in [-0.1, -0.05) is 60.5 Å². The minimum absolute atomic E-state index is 0.0805. The van der Waals surface area contributed by atoms with Crippen molar-refractivity contribution in [1.82, 2.24) is 10.2 Å².